The highest BCUT2D eigenvalue weighted by atomic mass is 16.5. The number of carboxylic acid groups (broad SMARTS) is 1. The maximum Gasteiger partial charge on any atom is 0.323 e. The van der Waals surface area contributed by atoms with Gasteiger partial charge in [-0.3, -0.25) is 4.79 Å². The zero-order valence-electron chi connectivity index (χ0n) is 8.16. The van der Waals surface area contributed by atoms with E-state index in [-0.39, 0.29) is 0 Å². The van der Waals surface area contributed by atoms with Crippen molar-refractivity contribution in [3.8, 4) is 0 Å². The van der Waals surface area contributed by atoms with E-state index >= 15 is 0 Å². The molecule has 0 aliphatic carbocycles. The van der Waals surface area contributed by atoms with Crippen molar-refractivity contribution in [1.82, 2.24) is 10.4 Å². The van der Waals surface area contributed by atoms with Crippen LogP contribution in [0.1, 0.15) is 19.3 Å². The number of carbonyl (C=O) groups is 1. The molecule has 5 heteroatoms. The van der Waals surface area contributed by atoms with Crippen molar-refractivity contribution in [1.29, 1.82) is 0 Å². The van der Waals surface area contributed by atoms with Crippen LogP contribution in [0.25, 0.3) is 0 Å². The number of hydrogen-bond donors (Lipinski definition) is 3. The molecule has 0 saturated carbocycles. The summed E-state index contributed by atoms with van der Waals surface area (Å²) in [5.41, 5.74) is 1.78. The normalized spacial score (nSPS) is 13.2. The summed E-state index contributed by atoms with van der Waals surface area (Å²) in [6.07, 6.45) is 2.20. The molecular weight excluding hydrogens is 172 g/mol. The molecule has 0 bridgehead atoms. The van der Waals surface area contributed by atoms with Crippen molar-refractivity contribution in [3.05, 3.63) is 0 Å². The minimum Gasteiger partial charge on any atom is -0.480 e. The van der Waals surface area contributed by atoms with Gasteiger partial charge in [-0.15, -0.1) is 0 Å². The van der Waals surface area contributed by atoms with E-state index in [1.807, 2.05) is 19.0 Å². The van der Waals surface area contributed by atoms with Crippen LogP contribution in [0, 0.1) is 0 Å². The van der Waals surface area contributed by atoms with Gasteiger partial charge in [0, 0.05) is 0 Å². The molecule has 0 heterocycles. The summed E-state index contributed by atoms with van der Waals surface area (Å²) in [4.78, 5) is 12.5. The highest BCUT2D eigenvalue weighted by Gasteiger charge is 2.14. The van der Waals surface area contributed by atoms with Gasteiger partial charge in [0.15, 0.2) is 0 Å². The van der Waals surface area contributed by atoms with E-state index in [0.29, 0.717) is 6.42 Å². The van der Waals surface area contributed by atoms with Gasteiger partial charge >= 0.3 is 5.97 Å². The smallest absolute Gasteiger partial charge is 0.323 e. The van der Waals surface area contributed by atoms with Gasteiger partial charge in [0.1, 0.15) is 6.04 Å². The maximum atomic E-state index is 10.4. The summed E-state index contributed by atoms with van der Waals surface area (Å²) in [6, 6.07) is -0.831. The van der Waals surface area contributed by atoms with Gasteiger partial charge in [-0.25, -0.2) is 0 Å². The Balaban J connectivity index is 3.44. The first-order valence-corrected chi connectivity index (χ1v) is 4.35. The standard InChI is InChI=1S/C8H18N2O3/c1-10(2)6-4-3-5-7(9-13)8(11)12/h7,9,13H,3-6H2,1-2H3,(H,11,12)/t7-/m0/s1. The lowest BCUT2D eigenvalue weighted by Gasteiger charge is -2.11. The molecule has 0 fully saturated rings. The fraction of sp³-hybridized carbons (Fsp3) is 0.875. The minimum atomic E-state index is -1.01. The zero-order chi connectivity index (χ0) is 10.3. The van der Waals surface area contributed by atoms with Crippen LogP contribution in [-0.2, 0) is 4.79 Å². The van der Waals surface area contributed by atoms with Crippen molar-refractivity contribution >= 4 is 5.97 Å². The molecule has 0 aliphatic heterocycles. The van der Waals surface area contributed by atoms with Crippen LogP contribution < -0.4 is 5.48 Å². The third-order valence-corrected chi connectivity index (χ3v) is 1.80. The predicted molar refractivity (Wildman–Crippen MR) is 48.8 cm³/mol. The number of nitrogens with one attached hydrogen (secondary N) is 1. The monoisotopic (exact) mass is 190 g/mol. The molecule has 0 unspecified atom stereocenters. The largest absolute Gasteiger partial charge is 0.480 e. The molecule has 0 saturated heterocycles. The van der Waals surface area contributed by atoms with E-state index in [4.69, 9.17) is 10.3 Å². The summed E-state index contributed by atoms with van der Waals surface area (Å²) in [5, 5.41) is 17.0. The number of unbranched alkanes of at least 4 members (excludes halogenated alkanes) is 1. The Labute approximate surface area is 78.3 Å². The van der Waals surface area contributed by atoms with E-state index in [0.717, 1.165) is 19.4 Å². The van der Waals surface area contributed by atoms with E-state index in [2.05, 4.69) is 0 Å². The summed E-state index contributed by atoms with van der Waals surface area (Å²) >= 11 is 0. The van der Waals surface area contributed by atoms with Crippen LogP contribution in [0.3, 0.4) is 0 Å². The quantitative estimate of drug-likeness (QED) is 0.393. The molecule has 0 rings (SSSR count). The molecule has 0 aliphatic rings. The third kappa shape index (κ3) is 6.51. The molecule has 78 valence electrons. The molecule has 13 heavy (non-hydrogen) atoms. The number of hydrogen-bond acceptors (Lipinski definition) is 4. The fourth-order valence-corrected chi connectivity index (χ4v) is 1.02. The van der Waals surface area contributed by atoms with Crippen molar-refractivity contribution < 1.29 is 15.1 Å². The highest BCUT2D eigenvalue weighted by Crippen LogP contribution is 2.01. The van der Waals surface area contributed by atoms with E-state index in [1.165, 1.54) is 0 Å². The summed E-state index contributed by atoms with van der Waals surface area (Å²) in [5.74, 6) is -1.01. The molecule has 5 nitrogen and oxygen atoms in total. The summed E-state index contributed by atoms with van der Waals surface area (Å²) in [7, 11) is 3.94. The average molecular weight is 190 g/mol. The fourth-order valence-electron chi connectivity index (χ4n) is 1.02. The second-order valence-electron chi connectivity index (χ2n) is 3.32. The van der Waals surface area contributed by atoms with Gasteiger partial charge in [0.2, 0.25) is 0 Å². The van der Waals surface area contributed by atoms with Crippen LogP contribution in [0.5, 0.6) is 0 Å². The van der Waals surface area contributed by atoms with Crippen LogP contribution in [0.2, 0.25) is 0 Å². The number of nitrogens with zero attached hydrogens (tertiary/aromatic N) is 1. The Morgan fingerprint density at radius 1 is 1.46 bits per heavy atom. The van der Waals surface area contributed by atoms with Crippen LogP contribution in [-0.4, -0.2) is 47.9 Å². The number of aliphatic carboxylic acids is 1. The van der Waals surface area contributed by atoms with Gasteiger partial charge in [0.25, 0.3) is 0 Å². The average Bonchev–Trinajstić information content (AvgIpc) is 2.03. The first kappa shape index (κ1) is 12.3. The van der Waals surface area contributed by atoms with Crippen LogP contribution in [0.4, 0.5) is 0 Å². The van der Waals surface area contributed by atoms with E-state index < -0.39 is 12.0 Å². The second-order valence-corrected chi connectivity index (χ2v) is 3.32. The van der Waals surface area contributed by atoms with E-state index in [9.17, 15) is 4.79 Å². The molecule has 0 aromatic rings. The molecule has 3 N–H and O–H groups in total. The number of carboxylic acids is 1. The van der Waals surface area contributed by atoms with Crippen LogP contribution >= 0.6 is 0 Å². The lowest BCUT2D eigenvalue weighted by molar-refractivity contribution is -0.142. The second kappa shape index (κ2) is 6.82. The molecule has 0 spiro atoms. The molecule has 0 aromatic carbocycles. The third-order valence-electron chi connectivity index (χ3n) is 1.80. The number of hydroxylamine groups is 1. The van der Waals surface area contributed by atoms with E-state index in [1.54, 1.807) is 5.48 Å². The summed E-state index contributed by atoms with van der Waals surface area (Å²) in [6.45, 7) is 0.942. The molecule has 0 amide bonds. The molecule has 0 aromatic heterocycles. The van der Waals surface area contributed by atoms with Gasteiger partial charge in [0.05, 0.1) is 0 Å². The van der Waals surface area contributed by atoms with Crippen molar-refractivity contribution in [3.63, 3.8) is 0 Å². The summed E-state index contributed by atoms with van der Waals surface area (Å²) < 4.78 is 0. The molecule has 0 radical (unpaired) electrons. The first-order valence-electron chi connectivity index (χ1n) is 4.35. The Morgan fingerprint density at radius 2 is 2.08 bits per heavy atom. The number of rotatable bonds is 7. The predicted octanol–water partition coefficient (Wildman–Crippen LogP) is 0.150. The zero-order valence-corrected chi connectivity index (χ0v) is 8.16. The molecular formula is C8H18N2O3. The Kier molecular flexibility index (Phi) is 6.48. The Hall–Kier alpha value is -0.650. The van der Waals surface area contributed by atoms with Crippen molar-refractivity contribution in [2.45, 2.75) is 25.3 Å². The molecule has 1 atom stereocenters. The SMILES string of the molecule is CN(C)CCCC[C@H](NO)C(=O)O. The van der Waals surface area contributed by atoms with Gasteiger partial charge < -0.3 is 15.2 Å². The van der Waals surface area contributed by atoms with Gasteiger partial charge in [-0.1, -0.05) is 0 Å². The highest BCUT2D eigenvalue weighted by molar-refractivity contribution is 5.73. The van der Waals surface area contributed by atoms with Gasteiger partial charge in [-0.05, 0) is 39.9 Å². The Bertz CT molecular complexity index is 150. The van der Waals surface area contributed by atoms with Crippen molar-refractivity contribution in [2.75, 3.05) is 20.6 Å². The van der Waals surface area contributed by atoms with Gasteiger partial charge in [-0.2, -0.15) is 5.48 Å². The lowest BCUT2D eigenvalue weighted by atomic mass is 10.1. The maximum absolute atomic E-state index is 10.4. The lowest BCUT2D eigenvalue weighted by Crippen LogP contribution is -2.34. The van der Waals surface area contributed by atoms with Crippen LogP contribution in [0.15, 0.2) is 0 Å². The minimum absolute atomic E-state index is 0.458. The Morgan fingerprint density at radius 3 is 2.46 bits per heavy atom. The van der Waals surface area contributed by atoms with Crippen molar-refractivity contribution in [2.24, 2.45) is 0 Å². The topological polar surface area (TPSA) is 72.8 Å². The first-order chi connectivity index (χ1) is 6.07.